The van der Waals surface area contributed by atoms with Crippen LogP contribution in [0.15, 0.2) is 0 Å². The number of thioether (sulfide) groups is 1. The average Bonchev–Trinajstić information content (AvgIpc) is 2.09. The van der Waals surface area contributed by atoms with Gasteiger partial charge in [-0.3, -0.25) is 0 Å². The third kappa shape index (κ3) is 3.36. The molecule has 0 aromatic carbocycles. The van der Waals surface area contributed by atoms with Crippen molar-refractivity contribution in [1.82, 2.24) is 0 Å². The second kappa shape index (κ2) is 5.13. The van der Waals surface area contributed by atoms with Gasteiger partial charge in [0.05, 0.1) is 0 Å². The number of rotatable bonds is 3. The molecule has 0 heterocycles. The van der Waals surface area contributed by atoms with Crippen molar-refractivity contribution in [3.05, 3.63) is 0 Å². The molecule has 2 heteroatoms. The highest BCUT2D eigenvalue weighted by Gasteiger charge is 2.19. The Labute approximate surface area is 80.5 Å². The zero-order chi connectivity index (χ0) is 8.97. The largest absolute Gasteiger partial charge is 0.329 e. The van der Waals surface area contributed by atoms with Crippen LogP contribution >= 0.6 is 11.8 Å². The van der Waals surface area contributed by atoms with E-state index in [1.165, 1.54) is 25.7 Å². The first kappa shape index (κ1) is 10.4. The first-order valence-corrected chi connectivity index (χ1v) is 6.02. The van der Waals surface area contributed by atoms with Crippen LogP contribution < -0.4 is 5.73 Å². The lowest BCUT2D eigenvalue weighted by molar-refractivity contribution is 0.393. The van der Waals surface area contributed by atoms with Gasteiger partial charge in [-0.1, -0.05) is 13.8 Å². The highest BCUT2D eigenvalue weighted by Crippen LogP contribution is 2.33. The van der Waals surface area contributed by atoms with Gasteiger partial charge in [0.1, 0.15) is 0 Å². The van der Waals surface area contributed by atoms with E-state index in [9.17, 15) is 0 Å². The summed E-state index contributed by atoms with van der Waals surface area (Å²) >= 11 is 2.10. The Bertz CT molecular complexity index is 119. The van der Waals surface area contributed by atoms with Crippen molar-refractivity contribution in [3.8, 4) is 0 Å². The van der Waals surface area contributed by atoms with Gasteiger partial charge >= 0.3 is 0 Å². The maximum absolute atomic E-state index is 5.60. The summed E-state index contributed by atoms with van der Waals surface area (Å²) in [5.74, 6) is 0.968. The molecule has 0 amide bonds. The number of hydrogen-bond donors (Lipinski definition) is 1. The number of nitrogens with two attached hydrogens (primary N) is 1. The number of hydrogen-bond acceptors (Lipinski definition) is 2. The van der Waals surface area contributed by atoms with Crippen molar-refractivity contribution >= 4 is 11.8 Å². The molecule has 1 nitrogen and oxygen atoms in total. The Balaban J connectivity index is 2.17. The summed E-state index contributed by atoms with van der Waals surface area (Å²) in [6.45, 7) is 5.44. The van der Waals surface area contributed by atoms with Crippen LogP contribution in [0.1, 0.15) is 39.5 Å². The zero-order valence-electron chi connectivity index (χ0n) is 8.25. The second-order valence-corrected chi connectivity index (χ2v) is 5.81. The van der Waals surface area contributed by atoms with Crippen LogP contribution in [0.25, 0.3) is 0 Å². The van der Waals surface area contributed by atoms with Crippen molar-refractivity contribution in [3.63, 3.8) is 0 Å². The predicted octanol–water partition coefficient (Wildman–Crippen LogP) is 2.65. The lowest BCUT2D eigenvalue weighted by atomic mass is 9.91. The maximum Gasteiger partial charge on any atom is 0.0144 e. The highest BCUT2D eigenvalue weighted by atomic mass is 32.2. The molecule has 1 saturated carbocycles. The van der Waals surface area contributed by atoms with Crippen molar-refractivity contribution < 1.29 is 0 Å². The SMILES string of the molecule is CC1CCC(SC(C)CN)CC1. The smallest absolute Gasteiger partial charge is 0.0144 e. The van der Waals surface area contributed by atoms with Crippen LogP contribution in [0.5, 0.6) is 0 Å². The van der Waals surface area contributed by atoms with E-state index in [4.69, 9.17) is 5.73 Å². The van der Waals surface area contributed by atoms with Gasteiger partial charge in [-0.25, -0.2) is 0 Å². The maximum atomic E-state index is 5.60. The molecule has 0 aliphatic heterocycles. The molecule has 12 heavy (non-hydrogen) atoms. The van der Waals surface area contributed by atoms with E-state index < -0.39 is 0 Å². The minimum absolute atomic E-state index is 0.656. The molecular weight excluding hydrogens is 166 g/mol. The van der Waals surface area contributed by atoms with Gasteiger partial charge in [0.25, 0.3) is 0 Å². The molecule has 0 radical (unpaired) electrons. The first-order chi connectivity index (χ1) is 5.72. The highest BCUT2D eigenvalue weighted by molar-refractivity contribution is 8.00. The normalized spacial score (nSPS) is 33.2. The van der Waals surface area contributed by atoms with Gasteiger partial charge in [-0.15, -0.1) is 0 Å². The van der Waals surface area contributed by atoms with Crippen LogP contribution in [0.3, 0.4) is 0 Å². The standard InChI is InChI=1S/C10H21NS/c1-8-3-5-10(6-4-8)12-9(2)7-11/h8-10H,3-7,11H2,1-2H3. The van der Waals surface area contributed by atoms with Crippen molar-refractivity contribution in [2.75, 3.05) is 6.54 Å². The molecular formula is C10H21NS. The summed E-state index contributed by atoms with van der Waals surface area (Å²) in [6.07, 6.45) is 5.68. The minimum atomic E-state index is 0.656. The lowest BCUT2D eigenvalue weighted by Crippen LogP contribution is -2.20. The van der Waals surface area contributed by atoms with Gasteiger partial charge in [0.15, 0.2) is 0 Å². The Kier molecular flexibility index (Phi) is 4.44. The Hall–Kier alpha value is 0.310. The topological polar surface area (TPSA) is 26.0 Å². The van der Waals surface area contributed by atoms with E-state index in [0.29, 0.717) is 5.25 Å². The molecule has 1 aliphatic carbocycles. The molecule has 0 aromatic rings. The van der Waals surface area contributed by atoms with Gasteiger partial charge in [0, 0.05) is 17.0 Å². The third-order valence-corrected chi connectivity index (χ3v) is 4.23. The quantitative estimate of drug-likeness (QED) is 0.735. The predicted molar refractivity (Wildman–Crippen MR) is 57.5 cm³/mol. The van der Waals surface area contributed by atoms with Crippen molar-refractivity contribution in [2.24, 2.45) is 11.7 Å². The van der Waals surface area contributed by atoms with Gasteiger partial charge in [0.2, 0.25) is 0 Å². The monoisotopic (exact) mass is 187 g/mol. The zero-order valence-corrected chi connectivity index (χ0v) is 9.07. The van der Waals surface area contributed by atoms with Gasteiger partial charge in [-0.2, -0.15) is 11.8 Å². The summed E-state index contributed by atoms with van der Waals surface area (Å²) in [7, 11) is 0. The molecule has 1 aliphatic rings. The lowest BCUT2D eigenvalue weighted by Gasteiger charge is -2.27. The molecule has 2 N–H and O–H groups in total. The first-order valence-electron chi connectivity index (χ1n) is 5.08. The summed E-state index contributed by atoms with van der Waals surface area (Å²) in [4.78, 5) is 0. The van der Waals surface area contributed by atoms with E-state index in [0.717, 1.165) is 17.7 Å². The third-order valence-electron chi connectivity index (χ3n) is 2.72. The molecule has 1 rings (SSSR count). The van der Waals surface area contributed by atoms with Gasteiger partial charge < -0.3 is 5.73 Å². The molecule has 1 fully saturated rings. The molecule has 0 bridgehead atoms. The molecule has 1 unspecified atom stereocenters. The molecule has 1 atom stereocenters. The fraction of sp³-hybridized carbons (Fsp3) is 1.00. The van der Waals surface area contributed by atoms with E-state index in [1.54, 1.807) is 0 Å². The second-order valence-electron chi connectivity index (χ2n) is 4.06. The van der Waals surface area contributed by atoms with E-state index in [1.807, 2.05) is 0 Å². The summed E-state index contributed by atoms with van der Waals surface area (Å²) in [5.41, 5.74) is 5.60. The van der Waals surface area contributed by atoms with Gasteiger partial charge in [-0.05, 0) is 31.6 Å². The van der Waals surface area contributed by atoms with Crippen LogP contribution in [-0.2, 0) is 0 Å². The molecule has 0 saturated heterocycles. The molecule has 0 spiro atoms. The Morgan fingerprint density at radius 2 is 1.92 bits per heavy atom. The summed E-state index contributed by atoms with van der Waals surface area (Å²) in [5, 5.41) is 1.56. The van der Waals surface area contributed by atoms with E-state index in [2.05, 4.69) is 25.6 Å². The summed E-state index contributed by atoms with van der Waals surface area (Å²) < 4.78 is 0. The summed E-state index contributed by atoms with van der Waals surface area (Å²) in [6, 6.07) is 0. The Morgan fingerprint density at radius 1 is 1.33 bits per heavy atom. The fourth-order valence-corrected chi connectivity index (χ4v) is 3.06. The van der Waals surface area contributed by atoms with Crippen LogP contribution in [0.4, 0.5) is 0 Å². The van der Waals surface area contributed by atoms with Crippen LogP contribution in [0.2, 0.25) is 0 Å². The van der Waals surface area contributed by atoms with Crippen LogP contribution in [0, 0.1) is 5.92 Å². The van der Waals surface area contributed by atoms with Crippen molar-refractivity contribution in [2.45, 2.75) is 50.0 Å². The van der Waals surface area contributed by atoms with Crippen LogP contribution in [-0.4, -0.2) is 17.0 Å². The molecule has 72 valence electrons. The molecule has 0 aromatic heterocycles. The average molecular weight is 187 g/mol. The van der Waals surface area contributed by atoms with Crippen molar-refractivity contribution in [1.29, 1.82) is 0 Å². The van der Waals surface area contributed by atoms with E-state index in [-0.39, 0.29) is 0 Å². The Morgan fingerprint density at radius 3 is 2.42 bits per heavy atom. The fourth-order valence-electron chi connectivity index (χ4n) is 1.75. The van der Waals surface area contributed by atoms with E-state index >= 15 is 0 Å². The minimum Gasteiger partial charge on any atom is -0.329 e.